The predicted octanol–water partition coefficient (Wildman–Crippen LogP) is 0.752. The molecule has 1 aromatic heterocycles. The number of carbonyl (C=O) groups excluding carboxylic acids is 1. The zero-order chi connectivity index (χ0) is 15.3. The molecular formula is C14H24N4O3. The Balaban J connectivity index is 2.11. The van der Waals surface area contributed by atoms with Gasteiger partial charge in [-0.25, -0.2) is 0 Å². The summed E-state index contributed by atoms with van der Waals surface area (Å²) in [4.78, 5) is 16.2. The Bertz CT molecular complexity index is 471. The lowest BCUT2D eigenvalue weighted by molar-refractivity contribution is -0.124. The van der Waals surface area contributed by atoms with Crippen LogP contribution in [0.4, 0.5) is 0 Å². The molecule has 7 nitrogen and oxygen atoms in total. The summed E-state index contributed by atoms with van der Waals surface area (Å²) >= 11 is 0. The summed E-state index contributed by atoms with van der Waals surface area (Å²) in [6.07, 6.45) is 1.95. The maximum absolute atomic E-state index is 11.7. The number of carbonyl (C=O) groups is 1. The van der Waals surface area contributed by atoms with E-state index < -0.39 is 5.60 Å². The molecule has 7 heteroatoms. The molecule has 0 spiro atoms. The molecule has 118 valence electrons. The van der Waals surface area contributed by atoms with Crippen LogP contribution in [-0.4, -0.2) is 41.8 Å². The van der Waals surface area contributed by atoms with Crippen LogP contribution in [0.3, 0.4) is 0 Å². The summed E-state index contributed by atoms with van der Waals surface area (Å²) in [6.45, 7) is 8.06. The van der Waals surface area contributed by atoms with Crippen molar-refractivity contribution in [3.05, 3.63) is 11.7 Å². The second kappa shape index (κ2) is 7.00. The quantitative estimate of drug-likeness (QED) is 0.772. The summed E-state index contributed by atoms with van der Waals surface area (Å²) in [6, 6.07) is -0.309. The van der Waals surface area contributed by atoms with Gasteiger partial charge in [-0.2, -0.15) is 4.98 Å². The van der Waals surface area contributed by atoms with Gasteiger partial charge in [-0.05, 0) is 19.8 Å². The van der Waals surface area contributed by atoms with E-state index >= 15 is 0 Å². The Morgan fingerprint density at radius 2 is 2.10 bits per heavy atom. The van der Waals surface area contributed by atoms with E-state index in [-0.39, 0.29) is 11.9 Å². The smallest absolute Gasteiger partial charge is 0.237 e. The monoisotopic (exact) mass is 296 g/mol. The maximum Gasteiger partial charge on any atom is 0.237 e. The van der Waals surface area contributed by atoms with Crippen LogP contribution in [0.5, 0.6) is 0 Å². The van der Waals surface area contributed by atoms with Crippen molar-refractivity contribution in [3.8, 4) is 0 Å². The molecule has 2 heterocycles. The maximum atomic E-state index is 11.7. The number of piperazine rings is 1. The third-order valence-corrected chi connectivity index (χ3v) is 3.95. The van der Waals surface area contributed by atoms with Crippen LogP contribution in [0.2, 0.25) is 0 Å². The van der Waals surface area contributed by atoms with Gasteiger partial charge in [0.15, 0.2) is 0 Å². The largest absolute Gasteiger partial charge is 0.367 e. The van der Waals surface area contributed by atoms with Crippen molar-refractivity contribution in [2.45, 2.75) is 51.7 Å². The van der Waals surface area contributed by atoms with Crippen LogP contribution in [-0.2, 0) is 21.6 Å². The molecule has 0 aromatic carbocycles. The fourth-order valence-electron chi connectivity index (χ4n) is 2.62. The molecule has 1 aliphatic heterocycles. The molecule has 1 unspecified atom stereocenters. The highest BCUT2D eigenvalue weighted by atomic mass is 16.5. The third kappa shape index (κ3) is 3.41. The minimum Gasteiger partial charge on any atom is -0.367 e. The lowest BCUT2D eigenvalue weighted by Gasteiger charge is -2.27. The first-order chi connectivity index (χ1) is 10.1. The van der Waals surface area contributed by atoms with Crippen LogP contribution in [0, 0.1) is 0 Å². The van der Waals surface area contributed by atoms with E-state index in [2.05, 4.69) is 20.8 Å². The fourth-order valence-corrected chi connectivity index (χ4v) is 2.62. The minimum absolute atomic E-state index is 0.0249. The van der Waals surface area contributed by atoms with Gasteiger partial charge in [-0.1, -0.05) is 19.0 Å². The standard InChI is InChI=1S/C14H24N4O3/c1-4-14(5-2,20-6-3)13-17-11(21-18-13)9-10-12(19)16-8-7-15-10/h10,15H,4-9H2,1-3H3,(H,16,19). The van der Waals surface area contributed by atoms with Crippen LogP contribution in [0.1, 0.15) is 45.3 Å². The Kier molecular flexibility index (Phi) is 5.30. The van der Waals surface area contributed by atoms with Crippen molar-refractivity contribution in [1.29, 1.82) is 0 Å². The van der Waals surface area contributed by atoms with Gasteiger partial charge in [0.2, 0.25) is 17.6 Å². The third-order valence-electron chi connectivity index (χ3n) is 3.95. The van der Waals surface area contributed by atoms with Crippen molar-refractivity contribution in [1.82, 2.24) is 20.8 Å². The number of rotatable bonds is 7. The van der Waals surface area contributed by atoms with Crippen LogP contribution in [0.15, 0.2) is 4.52 Å². The Labute approximate surface area is 124 Å². The molecule has 1 aromatic rings. The Morgan fingerprint density at radius 3 is 2.71 bits per heavy atom. The number of nitrogens with zero attached hydrogens (tertiary/aromatic N) is 2. The topological polar surface area (TPSA) is 89.3 Å². The first kappa shape index (κ1) is 15.9. The first-order valence-electron chi connectivity index (χ1n) is 7.63. The van der Waals surface area contributed by atoms with Gasteiger partial charge < -0.3 is 19.9 Å². The lowest BCUT2D eigenvalue weighted by Crippen LogP contribution is -2.53. The van der Waals surface area contributed by atoms with E-state index in [0.717, 1.165) is 19.4 Å². The van der Waals surface area contributed by atoms with Gasteiger partial charge in [-0.15, -0.1) is 0 Å². The minimum atomic E-state index is -0.501. The Morgan fingerprint density at radius 1 is 1.33 bits per heavy atom. The predicted molar refractivity (Wildman–Crippen MR) is 76.7 cm³/mol. The molecule has 1 saturated heterocycles. The highest BCUT2D eigenvalue weighted by Crippen LogP contribution is 2.30. The SMILES string of the molecule is CCOC(CC)(CC)c1noc(CC2NCCNC2=O)n1. The summed E-state index contributed by atoms with van der Waals surface area (Å²) < 4.78 is 11.2. The number of nitrogens with one attached hydrogen (secondary N) is 2. The van der Waals surface area contributed by atoms with E-state index in [0.29, 0.717) is 31.3 Å². The van der Waals surface area contributed by atoms with Crippen LogP contribution in [0.25, 0.3) is 0 Å². The normalized spacial score (nSPS) is 19.6. The number of amides is 1. The van der Waals surface area contributed by atoms with Crippen molar-refractivity contribution in [2.24, 2.45) is 0 Å². The Hall–Kier alpha value is -1.47. The van der Waals surface area contributed by atoms with E-state index in [9.17, 15) is 4.79 Å². The molecule has 2 N–H and O–H groups in total. The number of hydrogen-bond donors (Lipinski definition) is 2. The van der Waals surface area contributed by atoms with Gasteiger partial charge in [0.1, 0.15) is 5.60 Å². The molecule has 0 saturated carbocycles. The molecule has 2 rings (SSSR count). The summed E-state index contributed by atoms with van der Waals surface area (Å²) in [5.74, 6) is 1.01. The molecule has 0 radical (unpaired) electrons. The molecule has 1 aliphatic rings. The van der Waals surface area contributed by atoms with Gasteiger partial charge in [0.25, 0.3) is 0 Å². The summed E-state index contributed by atoms with van der Waals surface area (Å²) in [7, 11) is 0. The average Bonchev–Trinajstić information content (AvgIpc) is 2.96. The van der Waals surface area contributed by atoms with Crippen molar-refractivity contribution < 1.29 is 14.1 Å². The second-order valence-electron chi connectivity index (χ2n) is 5.15. The summed E-state index contributed by atoms with van der Waals surface area (Å²) in [5, 5.41) is 10.0. The highest BCUT2D eigenvalue weighted by Gasteiger charge is 2.35. The van der Waals surface area contributed by atoms with E-state index in [4.69, 9.17) is 9.26 Å². The molecule has 1 fully saturated rings. The van der Waals surface area contributed by atoms with E-state index in [1.54, 1.807) is 0 Å². The first-order valence-corrected chi connectivity index (χ1v) is 7.63. The highest BCUT2D eigenvalue weighted by molar-refractivity contribution is 5.82. The van der Waals surface area contributed by atoms with E-state index in [1.165, 1.54) is 0 Å². The number of aromatic nitrogens is 2. The van der Waals surface area contributed by atoms with Crippen molar-refractivity contribution in [3.63, 3.8) is 0 Å². The fraction of sp³-hybridized carbons (Fsp3) is 0.786. The average molecular weight is 296 g/mol. The number of ether oxygens (including phenoxy) is 1. The van der Waals surface area contributed by atoms with E-state index in [1.807, 2.05) is 20.8 Å². The second-order valence-corrected chi connectivity index (χ2v) is 5.15. The summed E-state index contributed by atoms with van der Waals surface area (Å²) in [5.41, 5.74) is -0.501. The number of hydrogen-bond acceptors (Lipinski definition) is 6. The molecule has 0 bridgehead atoms. The molecule has 1 atom stereocenters. The lowest BCUT2D eigenvalue weighted by atomic mass is 9.96. The van der Waals surface area contributed by atoms with Gasteiger partial charge in [0, 0.05) is 19.7 Å². The molecule has 21 heavy (non-hydrogen) atoms. The van der Waals surface area contributed by atoms with Crippen LogP contribution < -0.4 is 10.6 Å². The van der Waals surface area contributed by atoms with Gasteiger partial charge in [0.05, 0.1) is 12.5 Å². The molecule has 1 amide bonds. The van der Waals surface area contributed by atoms with Gasteiger partial charge >= 0.3 is 0 Å². The molecular weight excluding hydrogens is 272 g/mol. The zero-order valence-corrected chi connectivity index (χ0v) is 12.9. The van der Waals surface area contributed by atoms with Crippen molar-refractivity contribution in [2.75, 3.05) is 19.7 Å². The molecule has 0 aliphatic carbocycles. The van der Waals surface area contributed by atoms with Gasteiger partial charge in [-0.3, -0.25) is 4.79 Å². The van der Waals surface area contributed by atoms with Crippen LogP contribution >= 0.6 is 0 Å². The zero-order valence-electron chi connectivity index (χ0n) is 12.9. The van der Waals surface area contributed by atoms with Crippen molar-refractivity contribution >= 4 is 5.91 Å².